The molecule has 0 amide bonds. The average Bonchev–Trinajstić information content (AvgIpc) is 2.44. The Morgan fingerprint density at radius 3 is 2.90 bits per heavy atom. The molecule has 20 heavy (non-hydrogen) atoms. The summed E-state index contributed by atoms with van der Waals surface area (Å²) in [5.41, 5.74) is 1.51. The Labute approximate surface area is 126 Å². The summed E-state index contributed by atoms with van der Waals surface area (Å²) in [6.07, 6.45) is 5.14. The van der Waals surface area contributed by atoms with E-state index >= 15 is 0 Å². The lowest BCUT2D eigenvalue weighted by Gasteiger charge is -2.45. The van der Waals surface area contributed by atoms with Gasteiger partial charge in [0, 0.05) is 11.1 Å². The fraction of sp³-hybridized carbons (Fsp3) is 0.647. The first-order chi connectivity index (χ1) is 9.49. The van der Waals surface area contributed by atoms with Crippen molar-refractivity contribution in [2.75, 3.05) is 5.32 Å². The average molecular weight is 294 g/mol. The minimum Gasteiger partial charge on any atom is -0.486 e. The largest absolute Gasteiger partial charge is 0.486 e. The van der Waals surface area contributed by atoms with Gasteiger partial charge in [0.2, 0.25) is 0 Å². The van der Waals surface area contributed by atoms with E-state index in [0.717, 1.165) is 28.8 Å². The predicted octanol–water partition coefficient (Wildman–Crippen LogP) is 5.12. The molecule has 0 saturated heterocycles. The highest BCUT2D eigenvalue weighted by molar-refractivity contribution is 6.30. The van der Waals surface area contributed by atoms with E-state index in [4.69, 9.17) is 16.3 Å². The maximum atomic E-state index is 6.16. The Morgan fingerprint density at radius 1 is 1.35 bits per heavy atom. The highest BCUT2D eigenvalue weighted by Gasteiger charge is 2.40. The Hall–Kier alpha value is -0.890. The molecule has 1 fully saturated rings. The summed E-state index contributed by atoms with van der Waals surface area (Å²) in [7, 11) is 0. The lowest BCUT2D eigenvalue weighted by molar-refractivity contribution is 0.0613. The van der Waals surface area contributed by atoms with E-state index in [1.54, 1.807) is 0 Å². The number of ether oxygens (including phenoxy) is 1. The van der Waals surface area contributed by atoms with Gasteiger partial charge in [0.15, 0.2) is 0 Å². The number of rotatable bonds is 2. The van der Waals surface area contributed by atoms with Crippen LogP contribution in [0.4, 0.5) is 5.69 Å². The summed E-state index contributed by atoms with van der Waals surface area (Å²) in [6, 6.07) is 6.31. The standard InChI is InChI=1S/C17H24ClNO/c1-4-17(2,3)11-5-8-15-14(9-11)19-13-7-6-12(18)10-16(13)20-15/h6-7,10-11,14-15,19H,4-5,8-9H2,1-3H3. The molecule has 1 saturated carbocycles. The van der Waals surface area contributed by atoms with Gasteiger partial charge in [-0.2, -0.15) is 0 Å². The van der Waals surface area contributed by atoms with Crippen LogP contribution in [0.2, 0.25) is 5.02 Å². The minimum atomic E-state index is 0.296. The fourth-order valence-corrected chi connectivity index (χ4v) is 3.67. The number of fused-ring (bicyclic) bond motifs is 2. The van der Waals surface area contributed by atoms with Crippen molar-refractivity contribution in [3.05, 3.63) is 23.2 Å². The molecule has 1 aromatic rings. The van der Waals surface area contributed by atoms with Crippen LogP contribution in [-0.4, -0.2) is 12.1 Å². The summed E-state index contributed by atoms with van der Waals surface area (Å²) in [5.74, 6) is 1.69. The molecule has 1 aromatic carbocycles. The monoisotopic (exact) mass is 293 g/mol. The molecule has 1 aliphatic heterocycles. The van der Waals surface area contributed by atoms with Gasteiger partial charge in [0.25, 0.3) is 0 Å². The zero-order valence-electron chi connectivity index (χ0n) is 12.6. The number of halogens is 1. The van der Waals surface area contributed by atoms with Gasteiger partial charge >= 0.3 is 0 Å². The third kappa shape index (κ3) is 2.50. The van der Waals surface area contributed by atoms with Crippen LogP contribution in [0, 0.1) is 11.3 Å². The van der Waals surface area contributed by atoms with Crippen LogP contribution in [0.5, 0.6) is 5.75 Å². The van der Waals surface area contributed by atoms with Crippen molar-refractivity contribution in [1.29, 1.82) is 0 Å². The Morgan fingerprint density at radius 2 is 2.15 bits per heavy atom. The molecule has 1 N–H and O–H groups in total. The van der Waals surface area contributed by atoms with E-state index in [0.29, 0.717) is 17.6 Å². The van der Waals surface area contributed by atoms with E-state index in [1.165, 1.54) is 19.3 Å². The summed E-state index contributed by atoms with van der Waals surface area (Å²) in [5, 5.41) is 4.41. The predicted molar refractivity (Wildman–Crippen MR) is 84.7 cm³/mol. The molecule has 0 spiro atoms. The van der Waals surface area contributed by atoms with Crippen LogP contribution in [0.25, 0.3) is 0 Å². The zero-order chi connectivity index (χ0) is 14.3. The van der Waals surface area contributed by atoms with Gasteiger partial charge in [-0.1, -0.05) is 38.8 Å². The first-order valence-corrected chi connectivity index (χ1v) is 8.10. The molecule has 1 aliphatic carbocycles. The van der Waals surface area contributed by atoms with Crippen LogP contribution < -0.4 is 10.1 Å². The number of benzene rings is 1. The molecule has 3 rings (SSSR count). The second kappa shape index (κ2) is 5.14. The van der Waals surface area contributed by atoms with Crippen molar-refractivity contribution in [2.24, 2.45) is 11.3 Å². The zero-order valence-corrected chi connectivity index (χ0v) is 13.3. The first kappa shape index (κ1) is 14.1. The van der Waals surface area contributed by atoms with Crippen LogP contribution in [0.1, 0.15) is 46.5 Å². The van der Waals surface area contributed by atoms with Crippen molar-refractivity contribution in [2.45, 2.75) is 58.6 Å². The van der Waals surface area contributed by atoms with Gasteiger partial charge < -0.3 is 10.1 Å². The SMILES string of the molecule is CCC(C)(C)C1CCC2Oc3cc(Cl)ccc3NC2C1. The molecule has 2 aliphatic rings. The summed E-state index contributed by atoms with van der Waals surface area (Å²) >= 11 is 6.05. The molecule has 2 nitrogen and oxygen atoms in total. The summed E-state index contributed by atoms with van der Waals surface area (Å²) in [4.78, 5) is 0. The van der Waals surface area contributed by atoms with Crippen molar-refractivity contribution in [3.8, 4) is 5.75 Å². The van der Waals surface area contributed by atoms with Gasteiger partial charge in [-0.05, 0) is 42.7 Å². The lowest BCUT2D eigenvalue weighted by atomic mass is 9.67. The van der Waals surface area contributed by atoms with Gasteiger partial charge in [-0.25, -0.2) is 0 Å². The number of nitrogens with one attached hydrogen (secondary N) is 1. The first-order valence-electron chi connectivity index (χ1n) is 7.72. The lowest BCUT2D eigenvalue weighted by Crippen LogP contribution is -2.48. The van der Waals surface area contributed by atoms with Crippen molar-refractivity contribution in [1.82, 2.24) is 0 Å². The van der Waals surface area contributed by atoms with Gasteiger partial charge in [0.05, 0.1) is 11.7 Å². The second-order valence-electron chi connectivity index (χ2n) is 6.90. The number of hydrogen-bond acceptors (Lipinski definition) is 2. The molecule has 110 valence electrons. The topological polar surface area (TPSA) is 21.3 Å². The second-order valence-corrected chi connectivity index (χ2v) is 7.34. The molecular weight excluding hydrogens is 270 g/mol. The maximum absolute atomic E-state index is 6.16. The van der Waals surface area contributed by atoms with Gasteiger partial charge in [-0.3, -0.25) is 0 Å². The molecule has 3 unspecified atom stereocenters. The van der Waals surface area contributed by atoms with Gasteiger partial charge in [0.1, 0.15) is 11.9 Å². The van der Waals surface area contributed by atoms with Crippen LogP contribution in [-0.2, 0) is 0 Å². The van der Waals surface area contributed by atoms with E-state index in [1.807, 2.05) is 18.2 Å². The van der Waals surface area contributed by atoms with E-state index < -0.39 is 0 Å². The summed E-state index contributed by atoms with van der Waals surface area (Å²) in [6.45, 7) is 7.10. The fourth-order valence-electron chi connectivity index (χ4n) is 3.51. The van der Waals surface area contributed by atoms with E-state index in [9.17, 15) is 0 Å². The van der Waals surface area contributed by atoms with Gasteiger partial charge in [-0.15, -0.1) is 0 Å². The Kier molecular flexibility index (Phi) is 3.62. The third-order valence-corrected chi connectivity index (χ3v) is 5.60. The number of anilines is 1. The molecule has 0 radical (unpaired) electrons. The molecule has 3 heteroatoms. The van der Waals surface area contributed by atoms with Crippen molar-refractivity contribution < 1.29 is 4.74 Å². The molecular formula is C17H24ClNO. The quantitative estimate of drug-likeness (QED) is 0.817. The minimum absolute atomic E-state index is 0.296. The molecule has 1 heterocycles. The summed E-state index contributed by atoms with van der Waals surface area (Å²) < 4.78 is 6.16. The van der Waals surface area contributed by atoms with Crippen molar-refractivity contribution in [3.63, 3.8) is 0 Å². The molecule has 0 bridgehead atoms. The third-order valence-electron chi connectivity index (χ3n) is 5.37. The van der Waals surface area contributed by atoms with Crippen LogP contribution in [0.3, 0.4) is 0 Å². The Balaban J connectivity index is 1.78. The highest BCUT2D eigenvalue weighted by Crippen LogP contribution is 2.45. The van der Waals surface area contributed by atoms with E-state index in [2.05, 4.69) is 26.1 Å². The van der Waals surface area contributed by atoms with Crippen molar-refractivity contribution >= 4 is 17.3 Å². The smallest absolute Gasteiger partial charge is 0.144 e. The normalized spacial score (nSPS) is 28.9. The Bertz CT molecular complexity index is 500. The maximum Gasteiger partial charge on any atom is 0.144 e. The van der Waals surface area contributed by atoms with Crippen LogP contribution >= 0.6 is 11.6 Å². The van der Waals surface area contributed by atoms with Crippen LogP contribution in [0.15, 0.2) is 18.2 Å². The molecule has 3 atom stereocenters. The highest BCUT2D eigenvalue weighted by atomic mass is 35.5. The molecule has 0 aromatic heterocycles. The number of hydrogen-bond donors (Lipinski definition) is 1. The van der Waals surface area contributed by atoms with E-state index in [-0.39, 0.29) is 0 Å².